The monoisotopic (exact) mass is 447 g/mol. The Hall–Kier alpha value is -3.10. The van der Waals surface area contributed by atoms with E-state index >= 15 is 0 Å². The first-order chi connectivity index (χ1) is 15.2. The quantitative estimate of drug-likeness (QED) is 0.304. The topological polar surface area (TPSA) is 73.1 Å². The van der Waals surface area contributed by atoms with E-state index in [9.17, 15) is 4.79 Å². The van der Waals surface area contributed by atoms with Gasteiger partial charge in [0.1, 0.15) is 18.1 Å². The number of ether oxygens (including phenoxy) is 1. The lowest BCUT2D eigenvalue weighted by Crippen LogP contribution is -2.22. The van der Waals surface area contributed by atoms with E-state index in [1.807, 2.05) is 24.4 Å². The first-order valence-electron chi connectivity index (χ1n) is 10.7. The van der Waals surface area contributed by atoms with Crippen molar-refractivity contribution in [2.45, 2.75) is 32.4 Å². The molecule has 0 bridgehead atoms. The summed E-state index contributed by atoms with van der Waals surface area (Å²) < 4.78 is 8.17. The smallest absolute Gasteiger partial charge is 0.271 e. The summed E-state index contributed by atoms with van der Waals surface area (Å²) in [7, 11) is 2.28. The molecule has 0 aliphatic carbocycles. The van der Waals surface area contributed by atoms with E-state index in [0.29, 0.717) is 12.4 Å². The van der Waals surface area contributed by atoms with Crippen LogP contribution in [-0.2, 0) is 11.5 Å². The lowest BCUT2D eigenvalue weighted by molar-refractivity contribution is 0.0822. The van der Waals surface area contributed by atoms with Crippen molar-refractivity contribution >= 4 is 35.9 Å². The van der Waals surface area contributed by atoms with Crippen LogP contribution in [0.15, 0.2) is 48.9 Å². The molecule has 0 N–H and O–H groups in total. The molecule has 0 fully saturated rings. The van der Waals surface area contributed by atoms with Crippen LogP contribution in [0.4, 0.5) is 0 Å². The van der Waals surface area contributed by atoms with Crippen LogP contribution in [0.3, 0.4) is 0 Å². The predicted molar refractivity (Wildman–Crippen MR) is 130 cm³/mol. The first-order valence-corrected chi connectivity index (χ1v) is 14.4. The molecule has 4 aromatic heterocycles. The van der Waals surface area contributed by atoms with Crippen molar-refractivity contribution in [3.05, 3.63) is 54.6 Å². The molecular weight excluding hydrogens is 418 g/mol. The van der Waals surface area contributed by atoms with Gasteiger partial charge in [-0.2, -0.15) is 0 Å². The molecule has 0 unspecified atom stereocenters. The Morgan fingerprint density at radius 2 is 1.88 bits per heavy atom. The predicted octanol–water partition coefficient (Wildman–Crippen LogP) is 4.66. The number of amides is 1. The van der Waals surface area contributed by atoms with Crippen LogP contribution >= 0.6 is 0 Å². The molecule has 0 aliphatic heterocycles. The number of hydrogen-bond donors (Lipinski definition) is 0. The summed E-state index contributed by atoms with van der Waals surface area (Å²) in [4.78, 5) is 27.2. The fraction of sp³-hybridized carbons (Fsp3) is 0.333. The lowest BCUT2D eigenvalue weighted by atomic mass is 10.1. The third-order valence-electron chi connectivity index (χ3n) is 5.41. The number of aromatic nitrogens is 4. The third kappa shape index (κ3) is 4.56. The van der Waals surface area contributed by atoms with Crippen molar-refractivity contribution in [3.63, 3.8) is 0 Å². The highest BCUT2D eigenvalue weighted by Crippen LogP contribution is 2.29. The summed E-state index contributed by atoms with van der Waals surface area (Å²) in [6.45, 7) is 8.23. The van der Waals surface area contributed by atoms with E-state index in [0.717, 1.165) is 45.8 Å². The molecule has 0 atom stereocenters. The molecule has 0 aliphatic rings. The van der Waals surface area contributed by atoms with Gasteiger partial charge in [0.05, 0.1) is 11.2 Å². The highest BCUT2D eigenvalue weighted by Gasteiger charge is 2.16. The Bertz CT molecular complexity index is 1260. The van der Waals surface area contributed by atoms with Crippen molar-refractivity contribution in [3.8, 4) is 11.3 Å². The van der Waals surface area contributed by atoms with Gasteiger partial charge in [0.2, 0.25) is 0 Å². The average Bonchev–Trinajstić information content (AvgIpc) is 3.08. The number of pyridine rings is 3. The molecule has 4 aromatic rings. The SMILES string of the molecule is CN(C)C(=O)c1ccc(-c2ccc3c4cnccc4n(COCC[Si](C)(C)C)c3n2)cn1. The Morgan fingerprint density at radius 1 is 1.06 bits per heavy atom. The number of fused-ring (bicyclic) bond motifs is 3. The Morgan fingerprint density at radius 3 is 2.56 bits per heavy atom. The van der Waals surface area contributed by atoms with Crippen LogP contribution in [0.5, 0.6) is 0 Å². The lowest BCUT2D eigenvalue weighted by Gasteiger charge is -2.16. The van der Waals surface area contributed by atoms with Crippen LogP contribution in [0.2, 0.25) is 25.7 Å². The summed E-state index contributed by atoms with van der Waals surface area (Å²) in [6, 6.07) is 10.8. The van der Waals surface area contributed by atoms with Gasteiger partial charge in [0.15, 0.2) is 0 Å². The van der Waals surface area contributed by atoms with Crippen LogP contribution in [0.1, 0.15) is 10.5 Å². The van der Waals surface area contributed by atoms with Crippen LogP contribution in [0.25, 0.3) is 33.2 Å². The van der Waals surface area contributed by atoms with E-state index < -0.39 is 8.07 Å². The van der Waals surface area contributed by atoms with Crippen molar-refractivity contribution in [1.82, 2.24) is 24.4 Å². The van der Waals surface area contributed by atoms with Crippen molar-refractivity contribution < 1.29 is 9.53 Å². The fourth-order valence-electron chi connectivity index (χ4n) is 3.54. The first kappa shape index (κ1) is 22.1. The van der Waals surface area contributed by atoms with Gasteiger partial charge < -0.3 is 14.2 Å². The maximum atomic E-state index is 12.1. The summed E-state index contributed by atoms with van der Waals surface area (Å²) in [5.74, 6) is -0.122. The molecule has 0 aromatic carbocycles. The largest absolute Gasteiger partial charge is 0.361 e. The minimum atomic E-state index is -1.15. The van der Waals surface area contributed by atoms with E-state index in [1.54, 1.807) is 32.6 Å². The third-order valence-corrected chi connectivity index (χ3v) is 7.12. The fourth-order valence-corrected chi connectivity index (χ4v) is 4.29. The zero-order valence-corrected chi connectivity index (χ0v) is 20.3. The van der Waals surface area contributed by atoms with Gasteiger partial charge in [-0.15, -0.1) is 0 Å². The van der Waals surface area contributed by atoms with Gasteiger partial charge in [0, 0.05) is 63.7 Å². The number of carbonyl (C=O) groups excluding carboxylic acids is 1. The second-order valence-corrected chi connectivity index (χ2v) is 15.0. The van der Waals surface area contributed by atoms with Crippen molar-refractivity contribution in [2.75, 3.05) is 20.7 Å². The molecule has 4 heterocycles. The molecule has 0 saturated heterocycles. The van der Waals surface area contributed by atoms with Crippen molar-refractivity contribution in [2.24, 2.45) is 0 Å². The number of hydrogen-bond acceptors (Lipinski definition) is 5. The number of nitrogens with zero attached hydrogens (tertiary/aromatic N) is 5. The second kappa shape index (κ2) is 8.80. The highest BCUT2D eigenvalue weighted by molar-refractivity contribution is 6.76. The second-order valence-electron chi connectivity index (χ2n) is 9.37. The summed E-state index contributed by atoms with van der Waals surface area (Å²) in [5, 5.41) is 2.10. The maximum Gasteiger partial charge on any atom is 0.271 e. The van der Waals surface area contributed by atoms with Crippen LogP contribution in [0, 0.1) is 0 Å². The van der Waals surface area contributed by atoms with Gasteiger partial charge >= 0.3 is 0 Å². The van der Waals surface area contributed by atoms with E-state index in [-0.39, 0.29) is 5.91 Å². The molecule has 4 rings (SSSR count). The molecule has 1 amide bonds. The standard InChI is InChI=1S/C24H29N5O2Si/c1-28(2)24(30)21-8-6-17(14-26-21)20-9-7-18-19-15-25-11-10-22(19)29(23(18)27-20)16-31-12-13-32(3,4)5/h6-11,14-15H,12-13,16H2,1-5H3. The zero-order chi connectivity index (χ0) is 22.9. The normalized spacial score (nSPS) is 11.9. The molecule has 8 heteroatoms. The zero-order valence-electron chi connectivity index (χ0n) is 19.3. The average molecular weight is 448 g/mol. The van der Waals surface area contributed by atoms with Gasteiger partial charge in [-0.3, -0.25) is 14.8 Å². The van der Waals surface area contributed by atoms with Crippen molar-refractivity contribution in [1.29, 1.82) is 0 Å². The molecule has 0 spiro atoms. The van der Waals surface area contributed by atoms with E-state index in [1.165, 1.54) is 4.90 Å². The van der Waals surface area contributed by atoms with Crippen LogP contribution in [-0.4, -0.2) is 59.1 Å². The highest BCUT2D eigenvalue weighted by atomic mass is 28.3. The Kier molecular flexibility index (Phi) is 6.08. The summed E-state index contributed by atoms with van der Waals surface area (Å²) >= 11 is 0. The summed E-state index contributed by atoms with van der Waals surface area (Å²) in [5.41, 5.74) is 3.98. The Balaban J connectivity index is 1.69. The van der Waals surface area contributed by atoms with E-state index in [2.05, 4.69) is 40.2 Å². The minimum absolute atomic E-state index is 0.122. The molecule has 7 nitrogen and oxygen atoms in total. The van der Waals surface area contributed by atoms with Crippen LogP contribution < -0.4 is 0 Å². The molecule has 166 valence electrons. The van der Waals surface area contributed by atoms with Gasteiger partial charge in [-0.05, 0) is 36.4 Å². The molecular formula is C24H29N5O2Si. The number of rotatable bonds is 7. The maximum absolute atomic E-state index is 12.1. The number of carbonyl (C=O) groups is 1. The Labute approximate surface area is 189 Å². The molecule has 32 heavy (non-hydrogen) atoms. The molecule has 0 saturated carbocycles. The van der Waals surface area contributed by atoms with Gasteiger partial charge in [0.25, 0.3) is 5.91 Å². The van der Waals surface area contributed by atoms with Gasteiger partial charge in [-0.1, -0.05) is 19.6 Å². The summed E-state index contributed by atoms with van der Waals surface area (Å²) in [6.07, 6.45) is 5.37. The van der Waals surface area contributed by atoms with E-state index in [4.69, 9.17) is 9.72 Å². The minimum Gasteiger partial charge on any atom is -0.361 e. The molecule has 0 radical (unpaired) electrons. The van der Waals surface area contributed by atoms with Gasteiger partial charge in [-0.25, -0.2) is 4.98 Å².